The molecule has 14 aromatic rings. The van der Waals surface area contributed by atoms with E-state index in [0.29, 0.717) is 5.82 Å². The molecule has 4 aromatic heterocycles. The van der Waals surface area contributed by atoms with Gasteiger partial charge in [-0.25, -0.2) is 9.97 Å². The highest BCUT2D eigenvalue weighted by atomic mass is 15.0. The third-order valence-electron chi connectivity index (χ3n) is 13.8. The van der Waals surface area contributed by atoms with Gasteiger partial charge in [0.15, 0.2) is 5.82 Å². The van der Waals surface area contributed by atoms with Crippen molar-refractivity contribution in [3.8, 4) is 62.1 Å². The Hall–Kier alpha value is -9.32. The van der Waals surface area contributed by atoms with Gasteiger partial charge in [-0.3, -0.25) is 0 Å². The van der Waals surface area contributed by atoms with Crippen molar-refractivity contribution in [1.29, 1.82) is 0 Å². The number of rotatable bonds is 7. The fraction of sp³-hybridized carbons (Fsp3) is 0. The van der Waals surface area contributed by atoms with Gasteiger partial charge in [-0.1, -0.05) is 170 Å². The number of benzene rings is 10. The van der Waals surface area contributed by atoms with Crippen LogP contribution in [0.5, 0.6) is 0 Å². The van der Waals surface area contributed by atoms with E-state index in [0.717, 1.165) is 78.3 Å². The highest BCUT2D eigenvalue weighted by Crippen LogP contribution is 2.39. The van der Waals surface area contributed by atoms with Gasteiger partial charge in [0.1, 0.15) is 0 Å². The van der Waals surface area contributed by atoms with Crippen LogP contribution < -0.4 is 0 Å². The molecule has 0 aliphatic carbocycles. The number of aromatic nitrogens is 5. The number of hydrogen-bond acceptors (Lipinski definition) is 2. The lowest BCUT2D eigenvalue weighted by molar-refractivity contribution is 1.12. The van der Waals surface area contributed by atoms with Crippen LogP contribution in [0.3, 0.4) is 0 Å². The van der Waals surface area contributed by atoms with Crippen LogP contribution in [0.1, 0.15) is 0 Å². The van der Waals surface area contributed by atoms with Crippen LogP contribution in [0, 0.1) is 0 Å². The Bertz CT molecular complexity index is 4010. The topological polar surface area (TPSA) is 40.6 Å². The molecule has 0 unspecified atom stereocenters. The maximum absolute atomic E-state index is 5.53. The van der Waals surface area contributed by atoms with Crippen LogP contribution in [0.4, 0.5) is 0 Å². The Morgan fingerprint density at radius 2 is 0.580 bits per heavy atom. The Morgan fingerprint density at radius 3 is 1.03 bits per heavy atom. The molecular formula is C64H41N5. The molecule has 0 N–H and O–H groups in total. The van der Waals surface area contributed by atoms with Crippen LogP contribution in [-0.2, 0) is 0 Å². The minimum absolute atomic E-state index is 0.642. The van der Waals surface area contributed by atoms with Crippen molar-refractivity contribution in [2.45, 2.75) is 0 Å². The number of fused-ring (bicyclic) bond motifs is 9. The molecule has 0 saturated carbocycles. The summed E-state index contributed by atoms with van der Waals surface area (Å²) in [5.41, 5.74) is 17.0. The highest BCUT2D eigenvalue weighted by molar-refractivity contribution is 6.11. The van der Waals surface area contributed by atoms with E-state index in [4.69, 9.17) is 9.97 Å². The van der Waals surface area contributed by atoms with Crippen molar-refractivity contribution < 1.29 is 0 Å². The van der Waals surface area contributed by atoms with E-state index in [1.165, 1.54) is 43.4 Å². The fourth-order valence-electron chi connectivity index (χ4n) is 10.7. The van der Waals surface area contributed by atoms with E-state index in [2.05, 4.69) is 262 Å². The zero-order chi connectivity index (χ0) is 45.4. The quantitative estimate of drug-likeness (QED) is 0.160. The predicted molar refractivity (Wildman–Crippen MR) is 287 cm³/mol. The van der Waals surface area contributed by atoms with E-state index in [1.807, 2.05) is 0 Å². The minimum Gasteiger partial charge on any atom is -0.309 e. The Kier molecular flexibility index (Phi) is 8.83. The van der Waals surface area contributed by atoms with Gasteiger partial charge in [0.2, 0.25) is 0 Å². The van der Waals surface area contributed by atoms with Crippen molar-refractivity contribution in [1.82, 2.24) is 23.7 Å². The predicted octanol–water partition coefficient (Wildman–Crippen LogP) is 16.4. The monoisotopic (exact) mass is 879 g/mol. The maximum atomic E-state index is 5.53. The fourth-order valence-corrected chi connectivity index (χ4v) is 10.7. The normalized spacial score (nSPS) is 11.8. The van der Waals surface area contributed by atoms with Crippen molar-refractivity contribution in [2.24, 2.45) is 0 Å². The van der Waals surface area contributed by atoms with Crippen molar-refractivity contribution in [3.05, 3.63) is 249 Å². The molecule has 69 heavy (non-hydrogen) atoms. The molecule has 0 aliphatic rings. The lowest BCUT2D eigenvalue weighted by atomic mass is 10.0. The Balaban J connectivity index is 1.01. The smallest absolute Gasteiger partial charge is 0.160 e. The summed E-state index contributed by atoms with van der Waals surface area (Å²) in [7, 11) is 0. The van der Waals surface area contributed by atoms with Gasteiger partial charge in [0.25, 0.3) is 0 Å². The second-order valence-electron chi connectivity index (χ2n) is 17.8. The first-order chi connectivity index (χ1) is 34.2. The van der Waals surface area contributed by atoms with Crippen molar-refractivity contribution >= 4 is 65.4 Å². The molecule has 0 atom stereocenters. The first kappa shape index (κ1) is 38.9. The van der Waals surface area contributed by atoms with Crippen LogP contribution in [0.25, 0.3) is 128 Å². The standard InChI is InChI=1S/C64H41N5/c1-2-17-42(18-3-1)44-19-16-20-45(37-44)57-41-56(43-33-35-47(36-34-43)67-58-27-10-4-21-50(58)51-22-5-11-28-59(51)67)65-64(66-57)46-38-48(68-60-29-12-6-23-52(60)53-24-7-13-30-61(53)68)40-49(39-46)69-62-31-14-8-25-54(62)55-26-9-15-32-63(55)69/h1-41H. The molecule has 10 aromatic carbocycles. The first-order valence-corrected chi connectivity index (χ1v) is 23.5. The van der Waals surface area contributed by atoms with Gasteiger partial charge in [0.05, 0.1) is 44.5 Å². The van der Waals surface area contributed by atoms with Gasteiger partial charge in [0, 0.05) is 66.1 Å². The summed E-state index contributed by atoms with van der Waals surface area (Å²) in [4.78, 5) is 11.1. The van der Waals surface area contributed by atoms with E-state index in [-0.39, 0.29) is 0 Å². The molecular weight excluding hydrogens is 839 g/mol. The van der Waals surface area contributed by atoms with Crippen LogP contribution in [-0.4, -0.2) is 23.7 Å². The van der Waals surface area contributed by atoms with Gasteiger partial charge in [-0.2, -0.15) is 0 Å². The van der Waals surface area contributed by atoms with Crippen LogP contribution in [0.2, 0.25) is 0 Å². The van der Waals surface area contributed by atoms with E-state index in [9.17, 15) is 0 Å². The molecule has 0 spiro atoms. The molecule has 0 amide bonds. The summed E-state index contributed by atoms with van der Waals surface area (Å²) in [6, 6.07) is 89.2. The third-order valence-corrected chi connectivity index (χ3v) is 13.8. The first-order valence-electron chi connectivity index (χ1n) is 23.5. The summed E-state index contributed by atoms with van der Waals surface area (Å²) in [5, 5.41) is 7.31. The van der Waals surface area contributed by atoms with E-state index >= 15 is 0 Å². The lowest BCUT2D eigenvalue weighted by Crippen LogP contribution is -2.02. The molecule has 0 aliphatic heterocycles. The SMILES string of the molecule is c1ccc(-c2cccc(-c3cc(-c4ccc(-n5c6ccccc6c6ccccc65)cc4)nc(-c4cc(-n5c6ccccc6c6ccccc65)cc(-n5c6ccccc6c6ccccc65)c4)n3)c2)cc1. The maximum Gasteiger partial charge on any atom is 0.160 e. The summed E-state index contributed by atoms with van der Waals surface area (Å²) in [6.07, 6.45) is 0. The zero-order valence-corrected chi connectivity index (χ0v) is 37.4. The molecule has 322 valence electrons. The average molecular weight is 880 g/mol. The lowest BCUT2D eigenvalue weighted by Gasteiger charge is -2.16. The minimum atomic E-state index is 0.642. The van der Waals surface area contributed by atoms with Gasteiger partial charge in [-0.15, -0.1) is 0 Å². The molecule has 0 fully saturated rings. The summed E-state index contributed by atoms with van der Waals surface area (Å²) in [5.74, 6) is 0.642. The second kappa shape index (κ2) is 15.7. The third kappa shape index (κ3) is 6.32. The molecule has 0 bridgehead atoms. The number of para-hydroxylation sites is 6. The number of hydrogen-bond donors (Lipinski definition) is 0. The van der Waals surface area contributed by atoms with Crippen molar-refractivity contribution in [3.63, 3.8) is 0 Å². The molecule has 0 radical (unpaired) electrons. The zero-order valence-electron chi connectivity index (χ0n) is 37.4. The largest absolute Gasteiger partial charge is 0.309 e. The summed E-state index contributed by atoms with van der Waals surface area (Å²) in [6.45, 7) is 0. The highest BCUT2D eigenvalue weighted by Gasteiger charge is 2.20. The van der Waals surface area contributed by atoms with E-state index in [1.54, 1.807) is 0 Å². The average Bonchev–Trinajstić information content (AvgIpc) is 4.07. The molecule has 4 heterocycles. The van der Waals surface area contributed by atoms with Gasteiger partial charge >= 0.3 is 0 Å². The van der Waals surface area contributed by atoms with Crippen molar-refractivity contribution in [2.75, 3.05) is 0 Å². The molecule has 5 nitrogen and oxygen atoms in total. The Labute approximate surface area is 398 Å². The second-order valence-corrected chi connectivity index (χ2v) is 17.8. The summed E-state index contributed by atoms with van der Waals surface area (Å²) < 4.78 is 7.15. The molecule has 14 rings (SSSR count). The number of nitrogens with zero attached hydrogens (tertiary/aromatic N) is 5. The van der Waals surface area contributed by atoms with E-state index < -0.39 is 0 Å². The molecule has 5 heteroatoms. The van der Waals surface area contributed by atoms with Gasteiger partial charge in [-0.05, 0) is 90.0 Å². The Morgan fingerprint density at radius 1 is 0.217 bits per heavy atom. The van der Waals surface area contributed by atoms with Crippen LogP contribution >= 0.6 is 0 Å². The van der Waals surface area contributed by atoms with Crippen LogP contribution in [0.15, 0.2) is 249 Å². The summed E-state index contributed by atoms with van der Waals surface area (Å²) >= 11 is 0. The molecule has 0 saturated heterocycles. The van der Waals surface area contributed by atoms with Gasteiger partial charge < -0.3 is 13.7 Å².